The summed E-state index contributed by atoms with van der Waals surface area (Å²) >= 11 is 0. The summed E-state index contributed by atoms with van der Waals surface area (Å²) in [5, 5.41) is 0. The SMILES string of the molecule is NNC(=O)c1coc(CN2C(=O)CCC2=O)c1. The fourth-order valence-corrected chi connectivity index (χ4v) is 1.62. The third-order valence-corrected chi connectivity index (χ3v) is 2.52. The second kappa shape index (κ2) is 4.38. The Kier molecular flexibility index (Phi) is 2.92. The van der Waals surface area contributed by atoms with Crippen LogP contribution in [-0.2, 0) is 16.1 Å². The van der Waals surface area contributed by atoms with Crippen LogP contribution in [0, 0.1) is 0 Å². The molecule has 2 rings (SSSR count). The van der Waals surface area contributed by atoms with E-state index >= 15 is 0 Å². The number of hydrogen-bond donors (Lipinski definition) is 2. The molecule has 0 bridgehead atoms. The van der Waals surface area contributed by atoms with Crippen LogP contribution in [0.15, 0.2) is 16.7 Å². The van der Waals surface area contributed by atoms with Gasteiger partial charge in [-0.05, 0) is 6.07 Å². The number of nitrogen functional groups attached to an aromatic ring is 1. The maximum atomic E-state index is 11.4. The van der Waals surface area contributed by atoms with Gasteiger partial charge in [-0.1, -0.05) is 0 Å². The number of nitrogens with zero attached hydrogens (tertiary/aromatic N) is 1. The first-order valence-electron chi connectivity index (χ1n) is 5.03. The molecule has 0 aliphatic carbocycles. The molecule has 17 heavy (non-hydrogen) atoms. The van der Waals surface area contributed by atoms with Crippen molar-refractivity contribution in [3.05, 3.63) is 23.7 Å². The molecule has 0 atom stereocenters. The molecule has 0 radical (unpaired) electrons. The molecule has 7 nitrogen and oxygen atoms in total. The molecule has 3 N–H and O–H groups in total. The quantitative estimate of drug-likeness (QED) is 0.320. The fourth-order valence-electron chi connectivity index (χ4n) is 1.62. The molecule has 3 amide bonds. The van der Waals surface area contributed by atoms with Gasteiger partial charge in [0.15, 0.2) is 0 Å². The molecular formula is C10H11N3O4. The van der Waals surface area contributed by atoms with E-state index in [2.05, 4.69) is 0 Å². The number of nitrogens with two attached hydrogens (primary N) is 1. The summed E-state index contributed by atoms with van der Waals surface area (Å²) in [6, 6.07) is 1.45. The van der Waals surface area contributed by atoms with E-state index in [4.69, 9.17) is 10.3 Å². The number of imide groups is 1. The molecule has 1 aromatic heterocycles. The van der Waals surface area contributed by atoms with Crippen LogP contribution in [-0.4, -0.2) is 22.6 Å². The van der Waals surface area contributed by atoms with E-state index in [1.807, 2.05) is 5.43 Å². The summed E-state index contributed by atoms with van der Waals surface area (Å²) in [6.07, 6.45) is 1.69. The van der Waals surface area contributed by atoms with Crippen LogP contribution < -0.4 is 11.3 Å². The van der Waals surface area contributed by atoms with Crippen molar-refractivity contribution in [2.75, 3.05) is 0 Å². The molecular weight excluding hydrogens is 226 g/mol. The number of hydrazine groups is 1. The predicted octanol–water partition coefficient (Wildman–Crippen LogP) is -0.468. The van der Waals surface area contributed by atoms with Crippen LogP contribution in [0.3, 0.4) is 0 Å². The van der Waals surface area contributed by atoms with E-state index in [0.29, 0.717) is 5.76 Å². The topological polar surface area (TPSA) is 106 Å². The van der Waals surface area contributed by atoms with E-state index < -0.39 is 5.91 Å². The largest absolute Gasteiger partial charge is 0.467 e. The van der Waals surface area contributed by atoms with Gasteiger partial charge in [0.2, 0.25) is 11.8 Å². The van der Waals surface area contributed by atoms with Crippen molar-refractivity contribution in [3.63, 3.8) is 0 Å². The summed E-state index contributed by atoms with van der Waals surface area (Å²) in [6.45, 7) is 0.0511. The number of nitrogens with one attached hydrogen (secondary N) is 1. The third-order valence-electron chi connectivity index (χ3n) is 2.52. The van der Waals surface area contributed by atoms with Gasteiger partial charge in [0.1, 0.15) is 12.0 Å². The first kappa shape index (κ1) is 11.3. The molecule has 1 aliphatic heterocycles. The van der Waals surface area contributed by atoms with Gasteiger partial charge in [-0.25, -0.2) is 5.84 Å². The second-order valence-corrected chi connectivity index (χ2v) is 3.65. The number of likely N-dealkylation sites (tertiary alicyclic amines) is 1. The van der Waals surface area contributed by atoms with E-state index in [1.165, 1.54) is 12.3 Å². The lowest BCUT2D eigenvalue weighted by atomic mass is 10.3. The molecule has 1 aromatic rings. The van der Waals surface area contributed by atoms with Gasteiger partial charge in [0.25, 0.3) is 5.91 Å². The first-order valence-corrected chi connectivity index (χ1v) is 5.03. The van der Waals surface area contributed by atoms with Crippen molar-refractivity contribution in [1.82, 2.24) is 10.3 Å². The smallest absolute Gasteiger partial charge is 0.268 e. The summed E-state index contributed by atoms with van der Waals surface area (Å²) in [7, 11) is 0. The highest BCUT2D eigenvalue weighted by molar-refractivity contribution is 6.01. The Morgan fingerprint density at radius 1 is 1.41 bits per heavy atom. The maximum Gasteiger partial charge on any atom is 0.268 e. The monoisotopic (exact) mass is 237 g/mol. The van der Waals surface area contributed by atoms with Crippen LogP contribution in [0.25, 0.3) is 0 Å². The Morgan fingerprint density at radius 2 is 2.06 bits per heavy atom. The molecule has 7 heteroatoms. The minimum absolute atomic E-state index is 0.0511. The lowest BCUT2D eigenvalue weighted by Gasteiger charge is -2.10. The Hall–Kier alpha value is -2.15. The van der Waals surface area contributed by atoms with E-state index in [0.717, 1.165) is 4.90 Å². The molecule has 0 spiro atoms. The lowest BCUT2D eigenvalue weighted by molar-refractivity contribution is -0.139. The van der Waals surface area contributed by atoms with Gasteiger partial charge >= 0.3 is 0 Å². The number of carbonyl (C=O) groups excluding carboxylic acids is 3. The zero-order valence-corrected chi connectivity index (χ0v) is 8.93. The van der Waals surface area contributed by atoms with Crippen LogP contribution in [0.4, 0.5) is 0 Å². The molecule has 0 saturated carbocycles. The van der Waals surface area contributed by atoms with Crippen LogP contribution >= 0.6 is 0 Å². The molecule has 2 heterocycles. The van der Waals surface area contributed by atoms with Crippen molar-refractivity contribution < 1.29 is 18.8 Å². The molecule has 0 unspecified atom stereocenters. The lowest BCUT2D eigenvalue weighted by Crippen LogP contribution is -2.29. The fraction of sp³-hybridized carbons (Fsp3) is 0.300. The van der Waals surface area contributed by atoms with Crippen molar-refractivity contribution in [2.24, 2.45) is 5.84 Å². The number of rotatable bonds is 3. The van der Waals surface area contributed by atoms with Crippen molar-refractivity contribution >= 4 is 17.7 Å². The van der Waals surface area contributed by atoms with Crippen LogP contribution in [0.1, 0.15) is 29.0 Å². The minimum Gasteiger partial charge on any atom is -0.467 e. The minimum atomic E-state index is -0.487. The molecule has 1 saturated heterocycles. The van der Waals surface area contributed by atoms with Crippen molar-refractivity contribution in [1.29, 1.82) is 0 Å². The molecule has 1 aliphatic rings. The van der Waals surface area contributed by atoms with Gasteiger partial charge in [-0.3, -0.25) is 24.7 Å². The molecule has 90 valence electrons. The van der Waals surface area contributed by atoms with E-state index in [-0.39, 0.29) is 36.8 Å². The van der Waals surface area contributed by atoms with Gasteiger partial charge in [0, 0.05) is 12.8 Å². The normalized spacial score (nSPS) is 15.5. The van der Waals surface area contributed by atoms with Gasteiger partial charge in [0.05, 0.1) is 12.1 Å². The van der Waals surface area contributed by atoms with Crippen LogP contribution in [0.5, 0.6) is 0 Å². The summed E-state index contributed by atoms with van der Waals surface area (Å²) in [5.41, 5.74) is 2.21. The van der Waals surface area contributed by atoms with Gasteiger partial charge in [-0.15, -0.1) is 0 Å². The van der Waals surface area contributed by atoms with Crippen molar-refractivity contribution in [2.45, 2.75) is 19.4 Å². The number of hydrogen-bond acceptors (Lipinski definition) is 5. The standard InChI is InChI=1S/C10H11N3O4/c11-12-10(16)6-3-7(17-5-6)4-13-8(14)1-2-9(13)15/h3,5H,1-2,4,11H2,(H,12,16). The average Bonchev–Trinajstić information content (AvgIpc) is 2.90. The van der Waals surface area contributed by atoms with E-state index in [1.54, 1.807) is 0 Å². The van der Waals surface area contributed by atoms with Crippen LogP contribution in [0.2, 0.25) is 0 Å². The number of furan rings is 1. The molecule has 0 aromatic carbocycles. The Labute approximate surface area is 96.5 Å². The summed E-state index contributed by atoms with van der Waals surface area (Å²) < 4.78 is 5.08. The number of amides is 3. The first-order chi connectivity index (χ1) is 8.11. The highest BCUT2D eigenvalue weighted by Crippen LogP contribution is 2.17. The Morgan fingerprint density at radius 3 is 2.65 bits per heavy atom. The number of carbonyl (C=O) groups is 3. The van der Waals surface area contributed by atoms with Gasteiger partial charge in [-0.2, -0.15) is 0 Å². The highest BCUT2D eigenvalue weighted by atomic mass is 16.3. The zero-order valence-electron chi connectivity index (χ0n) is 8.93. The predicted molar refractivity (Wildman–Crippen MR) is 55.2 cm³/mol. The summed E-state index contributed by atoms with van der Waals surface area (Å²) in [5.74, 6) is 4.39. The van der Waals surface area contributed by atoms with Crippen molar-refractivity contribution in [3.8, 4) is 0 Å². The zero-order chi connectivity index (χ0) is 12.4. The summed E-state index contributed by atoms with van der Waals surface area (Å²) in [4.78, 5) is 35.0. The van der Waals surface area contributed by atoms with Gasteiger partial charge < -0.3 is 4.42 Å². The Bertz CT molecular complexity index is 464. The third kappa shape index (κ3) is 2.18. The molecule has 1 fully saturated rings. The average molecular weight is 237 g/mol. The maximum absolute atomic E-state index is 11.4. The highest BCUT2D eigenvalue weighted by Gasteiger charge is 2.29. The Balaban J connectivity index is 2.09. The van der Waals surface area contributed by atoms with E-state index in [9.17, 15) is 14.4 Å². The second-order valence-electron chi connectivity index (χ2n) is 3.65.